The highest BCUT2D eigenvalue weighted by atomic mass is 19.1. The SMILES string of the molecule is O=C(O)[C@@H]1C[C@H](C(=O)Nc2ccc(F)cc2)CN(C(=O)c2ccc(=O)[nH]c2)C1. The van der Waals surface area contributed by atoms with Crippen LogP contribution in [0.4, 0.5) is 10.1 Å². The van der Waals surface area contributed by atoms with Crippen molar-refractivity contribution in [3.63, 3.8) is 0 Å². The molecule has 2 aromatic rings. The van der Waals surface area contributed by atoms with Gasteiger partial charge >= 0.3 is 5.97 Å². The van der Waals surface area contributed by atoms with Crippen LogP contribution in [0.15, 0.2) is 47.4 Å². The highest BCUT2D eigenvalue weighted by Crippen LogP contribution is 2.25. The van der Waals surface area contributed by atoms with Crippen molar-refractivity contribution < 1.29 is 23.9 Å². The Morgan fingerprint density at radius 1 is 1.07 bits per heavy atom. The average molecular weight is 387 g/mol. The number of nitrogens with one attached hydrogen (secondary N) is 2. The molecule has 1 fully saturated rings. The number of carbonyl (C=O) groups is 3. The van der Waals surface area contributed by atoms with Crippen LogP contribution in [0.5, 0.6) is 0 Å². The van der Waals surface area contributed by atoms with E-state index < -0.39 is 35.4 Å². The fraction of sp³-hybridized carbons (Fsp3) is 0.263. The van der Waals surface area contributed by atoms with Gasteiger partial charge in [0.05, 0.1) is 17.4 Å². The molecular weight excluding hydrogens is 369 g/mol. The Bertz CT molecular complexity index is 936. The standard InChI is InChI=1S/C19H18FN3O5/c20-14-2-4-15(5-3-14)22-17(25)12-7-13(19(27)28)10-23(9-12)18(26)11-1-6-16(24)21-8-11/h1-6,8,12-13H,7,9-10H2,(H,21,24)(H,22,25)(H,27,28)/t12-,13+/m0/s1. The van der Waals surface area contributed by atoms with Crippen LogP contribution in [0, 0.1) is 17.7 Å². The van der Waals surface area contributed by atoms with Crippen molar-refractivity contribution in [1.82, 2.24) is 9.88 Å². The Kier molecular flexibility index (Phi) is 5.53. The summed E-state index contributed by atoms with van der Waals surface area (Å²) in [6, 6.07) is 7.73. The molecule has 1 aliphatic rings. The van der Waals surface area contributed by atoms with Crippen LogP contribution in [0.3, 0.4) is 0 Å². The molecule has 1 aromatic carbocycles. The first-order valence-corrected chi connectivity index (χ1v) is 8.60. The van der Waals surface area contributed by atoms with Crippen molar-refractivity contribution in [2.45, 2.75) is 6.42 Å². The number of carbonyl (C=O) groups excluding carboxylic acids is 2. The first kappa shape index (κ1) is 19.3. The minimum atomic E-state index is -1.10. The zero-order valence-electron chi connectivity index (χ0n) is 14.7. The van der Waals surface area contributed by atoms with Gasteiger partial charge in [-0.15, -0.1) is 0 Å². The molecule has 146 valence electrons. The molecular formula is C19H18FN3O5. The summed E-state index contributed by atoms with van der Waals surface area (Å²) in [4.78, 5) is 51.6. The third kappa shape index (κ3) is 4.43. The van der Waals surface area contributed by atoms with E-state index in [-0.39, 0.29) is 30.6 Å². The molecule has 1 aromatic heterocycles. The van der Waals surface area contributed by atoms with E-state index in [9.17, 15) is 28.7 Å². The zero-order valence-corrected chi connectivity index (χ0v) is 14.7. The lowest BCUT2D eigenvalue weighted by Crippen LogP contribution is -2.49. The summed E-state index contributed by atoms with van der Waals surface area (Å²) in [5.41, 5.74) is 0.209. The van der Waals surface area contributed by atoms with Gasteiger partial charge in [0, 0.05) is 31.0 Å². The Labute approximate surface area is 159 Å². The summed E-state index contributed by atoms with van der Waals surface area (Å²) in [5, 5.41) is 12.0. The normalized spacial score (nSPS) is 19.1. The zero-order chi connectivity index (χ0) is 20.3. The number of aromatic amines is 1. The van der Waals surface area contributed by atoms with Gasteiger partial charge in [-0.2, -0.15) is 0 Å². The van der Waals surface area contributed by atoms with Gasteiger partial charge in [0.2, 0.25) is 11.5 Å². The summed E-state index contributed by atoms with van der Waals surface area (Å²) < 4.78 is 13.0. The number of carboxylic acids is 1. The monoisotopic (exact) mass is 387 g/mol. The lowest BCUT2D eigenvalue weighted by molar-refractivity contribution is -0.144. The van der Waals surface area contributed by atoms with E-state index in [1.165, 1.54) is 47.5 Å². The number of piperidine rings is 1. The van der Waals surface area contributed by atoms with E-state index in [0.29, 0.717) is 5.69 Å². The van der Waals surface area contributed by atoms with E-state index >= 15 is 0 Å². The lowest BCUT2D eigenvalue weighted by atomic mass is 9.88. The fourth-order valence-corrected chi connectivity index (χ4v) is 3.14. The van der Waals surface area contributed by atoms with E-state index in [1.54, 1.807) is 0 Å². The number of hydrogen-bond acceptors (Lipinski definition) is 4. The molecule has 0 radical (unpaired) electrons. The number of hydrogen-bond donors (Lipinski definition) is 3. The van der Waals surface area contributed by atoms with Crippen LogP contribution in [0.2, 0.25) is 0 Å². The van der Waals surface area contributed by atoms with Crippen molar-refractivity contribution >= 4 is 23.5 Å². The fourth-order valence-electron chi connectivity index (χ4n) is 3.14. The number of anilines is 1. The third-order valence-corrected chi connectivity index (χ3v) is 4.60. The largest absolute Gasteiger partial charge is 0.481 e. The number of likely N-dealkylation sites (tertiary alicyclic amines) is 1. The molecule has 0 aliphatic carbocycles. The maximum atomic E-state index is 13.0. The molecule has 8 nitrogen and oxygen atoms in total. The van der Waals surface area contributed by atoms with Gasteiger partial charge in [-0.25, -0.2) is 4.39 Å². The number of rotatable bonds is 4. The third-order valence-electron chi connectivity index (χ3n) is 4.60. The smallest absolute Gasteiger partial charge is 0.308 e. The van der Waals surface area contributed by atoms with Crippen molar-refractivity contribution in [3.05, 3.63) is 64.3 Å². The van der Waals surface area contributed by atoms with Gasteiger partial charge in [-0.05, 0) is 36.8 Å². The molecule has 2 amide bonds. The molecule has 0 spiro atoms. The Balaban J connectivity index is 1.77. The molecule has 0 saturated carbocycles. The van der Waals surface area contributed by atoms with Gasteiger partial charge in [-0.3, -0.25) is 19.2 Å². The van der Waals surface area contributed by atoms with Gasteiger partial charge in [0.25, 0.3) is 5.91 Å². The predicted octanol–water partition coefficient (Wildman–Crippen LogP) is 1.32. The van der Waals surface area contributed by atoms with Gasteiger partial charge in [0.1, 0.15) is 5.82 Å². The average Bonchev–Trinajstić information content (AvgIpc) is 2.69. The molecule has 3 N–H and O–H groups in total. The highest BCUT2D eigenvalue weighted by Gasteiger charge is 2.37. The van der Waals surface area contributed by atoms with E-state index in [2.05, 4.69) is 10.3 Å². The number of H-pyrrole nitrogens is 1. The minimum Gasteiger partial charge on any atom is -0.481 e. The number of benzene rings is 1. The van der Waals surface area contributed by atoms with Crippen LogP contribution in [0.1, 0.15) is 16.8 Å². The summed E-state index contributed by atoms with van der Waals surface area (Å²) in [7, 11) is 0. The van der Waals surface area contributed by atoms with Crippen LogP contribution < -0.4 is 10.9 Å². The summed E-state index contributed by atoms with van der Waals surface area (Å²) in [5.74, 6) is -4.10. The van der Waals surface area contributed by atoms with E-state index in [0.717, 1.165) is 0 Å². The Hall–Kier alpha value is -3.49. The molecule has 0 bridgehead atoms. The second kappa shape index (κ2) is 8.03. The lowest BCUT2D eigenvalue weighted by Gasteiger charge is -2.35. The molecule has 0 unspecified atom stereocenters. The van der Waals surface area contributed by atoms with Crippen molar-refractivity contribution in [2.24, 2.45) is 11.8 Å². The van der Waals surface area contributed by atoms with Crippen LogP contribution >= 0.6 is 0 Å². The summed E-state index contributed by atoms with van der Waals surface area (Å²) in [6.45, 7) is 0.00237. The molecule has 2 heterocycles. The summed E-state index contributed by atoms with van der Waals surface area (Å²) >= 11 is 0. The number of carboxylic acid groups (broad SMARTS) is 1. The van der Waals surface area contributed by atoms with Crippen LogP contribution in [0.25, 0.3) is 0 Å². The van der Waals surface area contributed by atoms with Crippen molar-refractivity contribution in [3.8, 4) is 0 Å². The maximum absolute atomic E-state index is 13.0. The number of pyridine rings is 1. The van der Waals surface area contributed by atoms with Crippen molar-refractivity contribution in [2.75, 3.05) is 18.4 Å². The quantitative estimate of drug-likeness (QED) is 0.731. The van der Waals surface area contributed by atoms with Gasteiger partial charge < -0.3 is 20.3 Å². The number of aliphatic carboxylic acids is 1. The number of amides is 2. The van der Waals surface area contributed by atoms with Gasteiger partial charge in [-0.1, -0.05) is 0 Å². The minimum absolute atomic E-state index is 0.0341. The maximum Gasteiger partial charge on any atom is 0.308 e. The Morgan fingerprint density at radius 3 is 2.36 bits per heavy atom. The molecule has 9 heteroatoms. The number of halogens is 1. The molecule has 28 heavy (non-hydrogen) atoms. The van der Waals surface area contributed by atoms with Gasteiger partial charge in [0.15, 0.2) is 0 Å². The second-order valence-electron chi connectivity index (χ2n) is 6.62. The second-order valence-corrected chi connectivity index (χ2v) is 6.62. The van der Waals surface area contributed by atoms with Crippen LogP contribution in [-0.2, 0) is 9.59 Å². The Morgan fingerprint density at radius 2 is 1.75 bits per heavy atom. The topological polar surface area (TPSA) is 120 Å². The first-order valence-electron chi connectivity index (χ1n) is 8.60. The van der Waals surface area contributed by atoms with E-state index in [1.807, 2.05) is 0 Å². The molecule has 1 saturated heterocycles. The number of aromatic nitrogens is 1. The predicted molar refractivity (Wildman–Crippen MR) is 97.2 cm³/mol. The molecule has 1 aliphatic heterocycles. The number of nitrogens with zero attached hydrogens (tertiary/aromatic N) is 1. The van der Waals surface area contributed by atoms with Crippen molar-refractivity contribution in [1.29, 1.82) is 0 Å². The van der Waals surface area contributed by atoms with E-state index in [4.69, 9.17) is 0 Å². The summed E-state index contributed by atoms with van der Waals surface area (Å²) in [6.07, 6.45) is 1.33. The highest BCUT2D eigenvalue weighted by molar-refractivity contribution is 5.96. The molecule has 3 rings (SSSR count). The van der Waals surface area contributed by atoms with Crippen LogP contribution in [-0.4, -0.2) is 45.9 Å². The first-order chi connectivity index (χ1) is 13.3. The molecule has 2 atom stereocenters.